The molecule has 166 valence electrons. The van der Waals surface area contributed by atoms with Gasteiger partial charge >= 0.3 is 0 Å². The van der Waals surface area contributed by atoms with Crippen molar-refractivity contribution in [2.75, 3.05) is 10.6 Å². The van der Waals surface area contributed by atoms with Crippen LogP contribution in [-0.2, 0) is 0 Å². The third kappa shape index (κ3) is 4.54. The second-order valence-electron chi connectivity index (χ2n) is 7.91. The zero-order valence-electron chi connectivity index (χ0n) is 18.5. The number of hydrogen-bond donors (Lipinski definition) is 3. The first kappa shape index (κ1) is 21.1. The Balaban J connectivity index is 1.31. The van der Waals surface area contributed by atoms with E-state index in [0.29, 0.717) is 11.4 Å². The number of carbonyl (C=O) groups excluding carboxylic acids is 1. The molecule has 0 radical (unpaired) electrons. The van der Waals surface area contributed by atoms with Crippen LogP contribution in [0.3, 0.4) is 0 Å². The Morgan fingerprint density at radius 2 is 1.74 bits per heavy atom. The minimum atomic E-state index is -0.210. The van der Waals surface area contributed by atoms with Crippen LogP contribution in [0.5, 0.6) is 0 Å². The molecule has 0 saturated heterocycles. The topological polar surface area (TPSA) is 95.6 Å². The second kappa shape index (κ2) is 8.99. The molecule has 1 amide bonds. The van der Waals surface area contributed by atoms with Crippen LogP contribution in [-0.4, -0.2) is 25.8 Å². The molecule has 0 aliphatic heterocycles. The Hall–Kier alpha value is -4.78. The van der Waals surface area contributed by atoms with Crippen LogP contribution < -0.4 is 10.6 Å². The van der Waals surface area contributed by atoms with Gasteiger partial charge in [-0.25, -0.2) is 9.97 Å². The predicted octanol–water partition coefficient (Wildman–Crippen LogP) is 5.66. The fraction of sp³-hybridized carbons (Fsp3) is 0.0370. The molecule has 0 atom stereocenters. The van der Waals surface area contributed by atoms with Gasteiger partial charge in [-0.15, -0.1) is 0 Å². The molecule has 7 nitrogen and oxygen atoms in total. The number of amides is 1. The van der Waals surface area contributed by atoms with Crippen LogP contribution in [0, 0.1) is 6.92 Å². The predicted molar refractivity (Wildman–Crippen MR) is 135 cm³/mol. The number of fused-ring (bicyclic) bond motifs is 1. The highest BCUT2D eigenvalue weighted by atomic mass is 16.1. The van der Waals surface area contributed by atoms with E-state index in [1.165, 1.54) is 0 Å². The summed E-state index contributed by atoms with van der Waals surface area (Å²) in [5.41, 5.74) is 6.73. The van der Waals surface area contributed by atoms with Gasteiger partial charge in [0.25, 0.3) is 5.91 Å². The second-order valence-corrected chi connectivity index (χ2v) is 7.91. The molecule has 7 heteroatoms. The molecule has 3 heterocycles. The molecule has 5 aromatic rings. The van der Waals surface area contributed by atoms with Gasteiger partial charge in [0, 0.05) is 46.5 Å². The van der Waals surface area contributed by atoms with Crippen LogP contribution in [0.15, 0.2) is 91.9 Å². The Labute approximate surface area is 196 Å². The highest BCUT2D eigenvalue weighted by Crippen LogP contribution is 2.24. The number of nitrogens with zero attached hydrogens (tertiary/aromatic N) is 3. The third-order valence-corrected chi connectivity index (χ3v) is 5.39. The summed E-state index contributed by atoms with van der Waals surface area (Å²) < 4.78 is 0. The fourth-order valence-electron chi connectivity index (χ4n) is 3.51. The van der Waals surface area contributed by atoms with E-state index in [2.05, 4.69) is 37.1 Å². The van der Waals surface area contributed by atoms with E-state index in [0.717, 1.165) is 44.9 Å². The summed E-state index contributed by atoms with van der Waals surface area (Å²) in [6, 6.07) is 20.9. The highest BCUT2D eigenvalue weighted by Gasteiger charge is 2.10. The van der Waals surface area contributed by atoms with Crippen molar-refractivity contribution >= 4 is 34.1 Å². The summed E-state index contributed by atoms with van der Waals surface area (Å²) in [7, 11) is 0. The normalized spacial score (nSPS) is 10.7. The molecule has 0 spiro atoms. The Morgan fingerprint density at radius 1 is 0.941 bits per heavy atom. The van der Waals surface area contributed by atoms with Crippen molar-refractivity contribution in [3.05, 3.63) is 109 Å². The minimum absolute atomic E-state index is 0.210. The summed E-state index contributed by atoms with van der Waals surface area (Å²) >= 11 is 0. The van der Waals surface area contributed by atoms with Crippen LogP contribution in [0.1, 0.15) is 21.5 Å². The molecule has 5 rings (SSSR count). The van der Waals surface area contributed by atoms with Gasteiger partial charge in [-0.05, 0) is 55.5 Å². The molecular weight excluding hydrogens is 424 g/mol. The maximum atomic E-state index is 12.5. The summed E-state index contributed by atoms with van der Waals surface area (Å²) in [6.07, 6.45) is 5.17. The van der Waals surface area contributed by atoms with Crippen LogP contribution in [0.2, 0.25) is 0 Å². The average molecular weight is 447 g/mol. The molecule has 0 aliphatic carbocycles. The maximum absolute atomic E-state index is 12.5. The zero-order chi connectivity index (χ0) is 23.5. The Morgan fingerprint density at radius 3 is 2.47 bits per heavy atom. The fourth-order valence-corrected chi connectivity index (χ4v) is 3.51. The van der Waals surface area contributed by atoms with Gasteiger partial charge in [-0.3, -0.25) is 9.78 Å². The van der Waals surface area contributed by atoms with Crippen molar-refractivity contribution in [3.63, 3.8) is 0 Å². The quantitative estimate of drug-likeness (QED) is 0.313. The monoisotopic (exact) mass is 446 g/mol. The smallest absolute Gasteiger partial charge is 0.256 e. The van der Waals surface area contributed by atoms with Gasteiger partial charge in [-0.2, -0.15) is 0 Å². The van der Waals surface area contributed by atoms with E-state index in [1.54, 1.807) is 36.8 Å². The number of hydrogen-bond acceptors (Lipinski definition) is 5. The van der Waals surface area contributed by atoms with Crippen LogP contribution in [0.4, 0.5) is 11.5 Å². The molecule has 34 heavy (non-hydrogen) atoms. The summed E-state index contributed by atoms with van der Waals surface area (Å²) in [5, 5.41) is 6.12. The van der Waals surface area contributed by atoms with E-state index in [9.17, 15) is 4.79 Å². The van der Waals surface area contributed by atoms with E-state index < -0.39 is 0 Å². The molecule has 2 aromatic carbocycles. The van der Waals surface area contributed by atoms with E-state index in [1.807, 2.05) is 55.5 Å². The first-order valence-corrected chi connectivity index (χ1v) is 10.8. The largest absolute Gasteiger partial charge is 0.355 e. The van der Waals surface area contributed by atoms with Crippen molar-refractivity contribution in [3.8, 4) is 11.4 Å². The van der Waals surface area contributed by atoms with E-state index in [4.69, 9.17) is 0 Å². The van der Waals surface area contributed by atoms with Gasteiger partial charge in [-0.1, -0.05) is 24.3 Å². The first-order valence-electron chi connectivity index (χ1n) is 10.8. The van der Waals surface area contributed by atoms with E-state index in [-0.39, 0.29) is 5.91 Å². The molecule has 3 N–H and O–H groups in total. The van der Waals surface area contributed by atoms with Crippen molar-refractivity contribution in [1.82, 2.24) is 19.9 Å². The average Bonchev–Trinajstić information content (AvgIpc) is 3.29. The first-order chi connectivity index (χ1) is 16.5. The number of aromatic amines is 1. The molecular formula is C27H22N6O. The number of aryl methyl sites for hydroxylation is 1. The maximum Gasteiger partial charge on any atom is 0.256 e. The van der Waals surface area contributed by atoms with Crippen LogP contribution >= 0.6 is 0 Å². The van der Waals surface area contributed by atoms with Gasteiger partial charge in [0.05, 0.1) is 17.2 Å². The number of nitrogens with one attached hydrogen (secondary N) is 3. The standard InChI is InChI=1S/C27H22N6O/c1-17-5-7-20(8-6-17)27(34)33-25-14-23-24(16-29-25)32-26(31-23)19-9-11-22(12-10-19)30-18(2)21-4-3-13-28-15-21/h3-16,30H,2H2,1H3,(H,31,32)(H,29,33,34). The molecule has 3 aromatic heterocycles. The lowest BCUT2D eigenvalue weighted by Crippen LogP contribution is -2.12. The van der Waals surface area contributed by atoms with Gasteiger partial charge in [0.1, 0.15) is 11.6 Å². The SMILES string of the molecule is C=C(Nc1ccc(-c2nc3cc(NC(=O)c4ccc(C)cc4)ncc3[nH]2)cc1)c1cccnc1. The minimum Gasteiger partial charge on any atom is -0.355 e. The third-order valence-electron chi connectivity index (χ3n) is 5.39. The van der Waals surface area contributed by atoms with Gasteiger partial charge < -0.3 is 15.6 Å². The number of H-pyrrole nitrogens is 1. The summed E-state index contributed by atoms with van der Waals surface area (Å²) in [4.78, 5) is 28.9. The molecule has 0 aliphatic rings. The van der Waals surface area contributed by atoms with Crippen molar-refractivity contribution < 1.29 is 4.79 Å². The number of rotatable bonds is 6. The summed E-state index contributed by atoms with van der Waals surface area (Å²) in [6.45, 7) is 6.06. The molecule has 0 unspecified atom stereocenters. The van der Waals surface area contributed by atoms with Crippen molar-refractivity contribution in [1.29, 1.82) is 0 Å². The Kier molecular flexibility index (Phi) is 5.58. The zero-order valence-corrected chi connectivity index (χ0v) is 18.5. The molecule has 0 saturated carbocycles. The number of aromatic nitrogens is 4. The van der Waals surface area contributed by atoms with E-state index >= 15 is 0 Å². The highest BCUT2D eigenvalue weighted by molar-refractivity contribution is 6.04. The Bertz CT molecular complexity index is 1470. The van der Waals surface area contributed by atoms with Crippen molar-refractivity contribution in [2.24, 2.45) is 0 Å². The number of pyridine rings is 2. The van der Waals surface area contributed by atoms with Crippen LogP contribution in [0.25, 0.3) is 28.1 Å². The van der Waals surface area contributed by atoms with Gasteiger partial charge in [0.15, 0.2) is 0 Å². The van der Waals surface area contributed by atoms with Crippen molar-refractivity contribution in [2.45, 2.75) is 6.92 Å². The lowest BCUT2D eigenvalue weighted by atomic mass is 10.1. The number of benzene rings is 2. The lowest BCUT2D eigenvalue weighted by molar-refractivity contribution is 0.102. The number of imidazole rings is 1. The lowest BCUT2D eigenvalue weighted by Gasteiger charge is -2.09. The number of carbonyl (C=O) groups is 1. The summed E-state index contributed by atoms with van der Waals surface area (Å²) in [5.74, 6) is 0.958. The number of anilines is 2. The molecule has 0 fully saturated rings. The van der Waals surface area contributed by atoms with Gasteiger partial charge in [0.2, 0.25) is 0 Å². The molecule has 0 bridgehead atoms.